The summed E-state index contributed by atoms with van der Waals surface area (Å²) in [4.78, 5) is 14.3. The number of unbranched alkanes of at least 4 members (excludes halogenated alkanes) is 1. The smallest absolute Gasteiger partial charge is 0.310 e. The van der Waals surface area contributed by atoms with Crippen LogP contribution < -0.4 is 4.65 Å². The lowest BCUT2D eigenvalue weighted by atomic mass is 10.3. The van der Waals surface area contributed by atoms with Crippen molar-refractivity contribution >= 4 is 22.4 Å². The van der Waals surface area contributed by atoms with Gasteiger partial charge in [-0.2, -0.15) is 0 Å². The number of hydrogen-bond donors (Lipinski definition) is 0. The molecule has 0 aromatic carbocycles. The van der Waals surface area contributed by atoms with Gasteiger partial charge in [0, 0.05) is 19.4 Å². The van der Waals surface area contributed by atoms with Crippen molar-refractivity contribution in [1.29, 1.82) is 0 Å². The van der Waals surface area contributed by atoms with E-state index in [1.807, 2.05) is 49.1 Å². The van der Waals surface area contributed by atoms with E-state index in [0.717, 1.165) is 24.4 Å². The Kier molecular flexibility index (Phi) is 8.98. The molecule has 28 heavy (non-hydrogen) atoms. The normalized spacial score (nSPS) is 23.0. The fraction of sp³-hybridized carbons (Fsp3) is 0.550. The maximum absolute atomic E-state index is 13.7. The minimum atomic E-state index is -0.815. The van der Waals surface area contributed by atoms with E-state index in [9.17, 15) is 10.0 Å². The van der Waals surface area contributed by atoms with E-state index >= 15 is 0 Å². The lowest BCUT2D eigenvalue weighted by molar-refractivity contribution is -0.153. The zero-order valence-corrected chi connectivity index (χ0v) is 17.6. The number of nitrogens with zero attached hydrogens (tertiary/aromatic N) is 4. The number of carbonyl (C=O) groups is 1. The molecule has 1 aliphatic rings. The quantitative estimate of drug-likeness (QED) is 0.182. The van der Waals surface area contributed by atoms with Crippen molar-refractivity contribution in [2.75, 3.05) is 19.8 Å². The molecule has 0 amide bonds. The van der Waals surface area contributed by atoms with E-state index < -0.39 is 10.9 Å². The van der Waals surface area contributed by atoms with Crippen molar-refractivity contribution < 1.29 is 9.53 Å². The summed E-state index contributed by atoms with van der Waals surface area (Å²) >= 11 is 1.29. The van der Waals surface area contributed by atoms with Crippen molar-refractivity contribution in [3.8, 4) is 0 Å². The summed E-state index contributed by atoms with van der Waals surface area (Å²) in [6, 6.07) is 0. The van der Waals surface area contributed by atoms with E-state index in [4.69, 9.17) is 4.74 Å². The van der Waals surface area contributed by atoms with Crippen LogP contribution in [0, 0.1) is 5.21 Å². The van der Waals surface area contributed by atoms with Crippen LogP contribution in [0.2, 0.25) is 0 Å². The highest BCUT2D eigenvalue weighted by molar-refractivity contribution is 7.15. The van der Waals surface area contributed by atoms with Crippen molar-refractivity contribution in [1.82, 2.24) is 19.7 Å². The summed E-state index contributed by atoms with van der Waals surface area (Å²) in [7, 11) is 0. The Morgan fingerprint density at radius 3 is 2.86 bits per heavy atom. The van der Waals surface area contributed by atoms with Crippen LogP contribution in [0.3, 0.4) is 0 Å². The number of rotatable bonds is 11. The second kappa shape index (κ2) is 11.2. The fourth-order valence-corrected chi connectivity index (χ4v) is 3.89. The molecule has 8 heteroatoms. The van der Waals surface area contributed by atoms with Gasteiger partial charge < -0.3 is 9.94 Å². The molecule has 1 aliphatic heterocycles. The predicted octanol–water partition coefficient (Wildman–Crippen LogP) is 3.93. The van der Waals surface area contributed by atoms with Crippen molar-refractivity contribution in [3.63, 3.8) is 0 Å². The van der Waals surface area contributed by atoms with Crippen LogP contribution in [0.1, 0.15) is 44.5 Å². The molecule has 0 spiro atoms. The SMILES string of the molecule is C=CCCCN1CC(OC(=O)CCC=CC)[N+]([O-])(c2nnc(CC=CC)s2)C1. The number of hydroxylamine groups is 2. The third kappa shape index (κ3) is 6.07. The molecule has 1 aromatic heterocycles. The van der Waals surface area contributed by atoms with Crippen LogP contribution in [0.15, 0.2) is 37.0 Å². The molecule has 1 saturated heterocycles. The second-order valence-electron chi connectivity index (χ2n) is 6.75. The Bertz CT molecular complexity index is 703. The van der Waals surface area contributed by atoms with E-state index in [0.29, 0.717) is 24.5 Å². The molecule has 0 N–H and O–H groups in total. The molecular weight excluding hydrogens is 376 g/mol. The number of carbonyl (C=O) groups excluding carboxylic acids is 1. The highest BCUT2D eigenvalue weighted by Crippen LogP contribution is 2.34. The molecule has 154 valence electrons. The Hall–Kier alpha value is -1.87. The maximum atomic E-state index is 13.7. The number of ether oxygens (including phenoxy) is 1. The largest absolute Gasteiger partial charge is 0.622 e. The Labute approximate surface area is 171 Å². The maximum Gasteiger partial charge on any atom is 0.310 e. The Morgan fingerprint density at radius 2 is 2.14 bits per heavy atom. The molecule has 7 nitrogen and oxygen atoms in total. The van der Waals surface area contributed by atoms with E-state index in [1.165, 1.54) is 11.3 Å². The zero-order valence-electron chi connectivity index (χ0n) is 16.7. The minimum absolute atomic E-state index is 0.211. The van der Waals surface area contributed by atoms with Gasteiger partial charge in [-0.15, -0.1) is 11.7 Å². The summed E-state index contributed by atoms with van der Waals surface area (Å²) in [5, 5.41) is 23.1. The first kappa shape index (κ1) is 22.4. The van der Waals surface area contributed by atoms with Gasteiger partial charge in [0.1, 0.15) is 11.7 Å². The first-order valence-electron chi connectivity index (χ1n) is 9.70. The first-order valence-corrected chi connectivity index (χ1v) is 10.5. The molecule has 2 rings (SSSR count). The summed E-state index contributed by atoms with van der Waals surface area (Å²) in [6.45, 7) is 8.95. The molecule has 2 atom stereocenters. The molecule has 2 heterocycles. The van der Waals surface area contributed by atoms with Crippen LogP contribution in [0.25, 0.3) is 0 Å². The van der Waals surface area contributed by atoms with Gasteiger partial charge in [0.2, 0.25) is 0 Å². The summed E-state index contributed by atoms with van der Waals surface area (Å²) in [6.07, 6.45) is 12.1. The highest BCUT2D eigenvalue weighted by atomic mass is 32.1. The van der Waals surface area contributed by atoms with Crippen molar-refractivity contribution in [2.45, 2.75) is 52.2 Å². The molecule has 0 aliphatic carbocycles. The average Bonchev–Trinajstić information content (AvgIpc) is 3.26. The molecular formula is C20H30N4O3S. The Morgan fingerprint density at radius 1 is 1.36 bits per heavy atom. The van der Waals surface area contributed by atoms with Gasteiger partial charge in [-0.25, -0.2) is 4.90 Å². The van der Waals surface area contributed by atoms with Crippen molar-refractivity contribution in [2.24, 2.45) is 0 Å². The zero-order chi connectivity index (χ0) is 20.4. The number of quaternary nitrogens is 1. The lowest BCUT2D eigenvalue weighted by Crippen LogP contribution is -2.50. The third-order valence-corrected chi connectivity index (χ3v) is 5.56. The van der Waals surface area contributed by atoms with E-state index in [1.54, 1.807) is 0 Å². The van der Waals surface area contributed by atoms with Gasteiger partial charge in [0.15, 0.2) is 0 Å². The standard InChI is InChI=1S/C20H30N4O3S/c1-4-7-10-13-19(25)27-18-15-23(14-11-8-5-2)16-24(18,26)20-22-21-17(28-20)12-9-6-3/h4-7,9,18H,2,8,10-16H2,1,3H3. The van der Waals surface area contributed by atoms with Gasteiger partial charge in [0.25, 0.3) is 6.23 Å². The first-order chi connectivity index (χ1) is 13.5. The second-order valence-corrected chi connectivity index (χ2v) is 7.79. The van der Waals surface area contributed by atoms with Crippen LogP contribution in [-0.2, 0) is 16.0 Å². The molecule has 0 saturated carbocycles. The van der Waals surface area contributed by atoms with Gasteiger partial charge in [0.05, 0.1) is 6.54 Å². The van der Waals surface area contributed by atoms with Crippen LogP contribution in [0.5, 0.6) is 0 Å². The molecule has 1 aromatic rings. The number of aromatic nitrogens is 2. The minimum Gasteiger partial charge on any atom is -0.622 e. The van der Waals surface area contributed by atoms with Crippen LogP contribution in [0.4, 0.5) is 5.13 Å². The number of hydrogen-bond acceptors (Lipinski definition) is 7. The summed E-state index contributed by atoms with van der Waals surface area (Å²) in [5.74, 6) is -0.354. The van der Waals surface area contributed by atoms with Gasteiger partial charge in [-0.3, -0.25) is 9.44 Å². The number of esters is 1. The van der Waals surface area contributed by atoms with Crippen LogP contribution in [-0.4, -0.2) is 47.1 Å². The van der Waals surface area contributed by atoms with E-state index in [2.05, 4.69) is 16.8 Å². The van der Waals surface area contributed by atoms with Crippen LogP contribution >= 0.6 is 11.3 Å². The molecule has 0 bridgehead atoms. The molecule has 1 fully saturated rings. The Balaban J connectivity index is 2.13. The van der Waals surface area contributed by atoms with Crippen molar-refractivity contribution in [3.05, 3.63) is 47.2 Å². The lowest BCUT2D eigenvalue weighted by Gasteiger charge is -2.38. The summed E-state index contributed by atoms with van der Waals surface area (Å²) < 4.78 is 4.82. The molecule has 0 radical (unpaired) electrons. The predicted molar refractivity (Wildman–Crippen MR) is 113 cm³/mol. The summed E-state index contributed by atoms with van der Waals surface area (Å²) in [5.41, 5.74) is 0. The average molecular weight is 407 g/mol. The van der Waals surface area contributed by atoms with Gasteiger partial charge in [-0.1, -0.05) is 35.5 Å². The van der Waals surface area contributed by atoms with Gasteiger partial charge >= 0.3 is 11.1 Å². The topological polar surface area (TPSA) is 78.4 Å². The third-order valence-electron chi connectivity index (χ3n) is 4.50. The van der Waals surface area contributed by atoms with Gasteiger partial charge in [-0.05, 0) is 44.4 Å². The monoisotopic (exact) mass is 406 g/mol. The fourth-order valence-electron chi connectivity index (χ4n) is 3.00. The number of allylic oxidation sites excluding steroid dienone is 5. The molecule has 2 unspecified atom stereocenters. The van der Waals surface area contributed by atoms with E-state index in [-0.39, 0.29) is 19.1 Å². The highest BCUT2D eigenvalue weighted by Gasteiger charge is 2.46.